The monoisotopic (exact) mass is 356 g/mol. The van der Waals surface area contributed by atoms with Gasteiger partial charge in [0.1, 0.15) is 23.0 Å². The number of pyridine rings is 1. The van der Waals surface area contributed by atoms with Crippen LogP contribution < -0.4 is 5.32 Å². The van der Waals surface area contributed by atoms with E-state index in [1.165, 1.54) is 19.4 Å². The van der Waals surface area contributed by atoms with Gasteiger partial charge < -0.3 is 10.1 Å². The molecule has 0 spiro atoms. The minimum atomic E-state index is -0.667. The molecule has 0 saturated heterocycles. The van der Waals surface area contributed by atoms with Gasteiger partial charge in [0.05, 0.1) is 7.11 Å². The largest absolute Gasteiger partial charge is 0.465 e. The number of anilines is 1. The molecule has 7 heteroatoms. The Morgan fingerprint density at radius 1 is 1.38 bits per heavy atom. The zero-order valence-corrected chi connectivity index (χ0v) is 12.6. The number of ether oxygens (including phenoxy) is 1. The molecule has 0 bridgehead atoms. The van der Waals surface area contributed by atoms with E-state index in [1.807, 2.05) is 0 Å². The van der Waals surface area contributed by atoms with Gasteiger partial charge in [0.15, 0.2) is 0 Å². The summed E-state index contributed by atoms with van der Waals surface area (Å²) in [6.07, 6.45) is 1.50. The summed E-state index contributed by atoms with van der Waals surface area (Å²) in [6.45, 7) is 0.0603. The maximum atomic E-state index is 13.5. The first-order chi connectivity index (χ1) is 10.0. The van der Waals surface area contributed by atoms with Crippen LogP contribution in [-0.2, 0) is 11.3 Å². The summed E-state index contributed by atoms with van der Waals surface area (Å²) < 4.78 is 31.6. The second-order valence-electron chi connectivity index (χ2n) is 4.13. The highest BCUT2D eigenvalue weighted by atomic mass is 79.9. The molecule has 0 radical (unpaired) electrons. The fourth-order valence-corrected chi connectivity index (χ4v) is 2.02. The maximum Gasteiger partial charge on any atom is 0.341 e. The summed E-state index contributed by atoms with van der Waals surface area (Å²) in [6, 6.07) is 4.83. The predicted octanol–water partition coefficient (Wildman–Crippen LogP) is 3.52. The molecule has 21 heavy (non-hydrogen) atoms. The first-order valence-electron chi connectivity index (χ1n) is 5.93. The maximum absolute atomic E-state index is 13.5. The molecule has 1 aromatic heterocycles. The highest BCUT2D eigenvalue weighted by Crippen LogP contribution is 2.20. The molecule has 0 fully saturated rings. The van der Waals surface area contributed by atoms with Crippen LogP contribution in [0.2, 0.25) is 0 Å². The number of halogens is 3. The van der Waals surface area contributed by atoms with Gasteiger partial charge >= 0.3 is 5.97 Å². The summed E-state index contributed by atoms with van der Waals surface area (Å²) in [5.41, 5.74) is 0.478. The molecule has 0 aliphatic rings. The fourth-order valence-electron chi connectivity index (χ4n) is 1.69. The Bertz CT molecular complexity index is 680. The predicted molar refractivity (Wildman–Crippen MR) is 77.0 cm³/mol. The number of carbonyl (C=O) groups excluding carboxylic acids is 1. The Kier molecular flexibility index (Phi) is 4.85. The number of benzene rings is 1. The Hall–Kier alpha value is -2.02. The van der Waals surface area contributed by atoms with Gasteiger partial charge in [0.2, 0.25) is 0 Å². The number of methoxy groups -OCH3 is 1. The number of rotatable bonds is 4. The van der Waals surface area contributed by atoms with Crippen molar-refractivity contribution < 1.29 is 18.3 Å². The molecular weight excluding hydrogens is 346 g/mol. The molecule has 0 aliphatic carbocycles. The first-order valence-corrected chi connectivity index (χ1v) is 6.72. The van der Waals surface area contributed by atoms with Crippen molar-refractivity contribution in [1.29, 1.82) is 0 Å². The van der Waals surface area contributed by atoms with E-state index in [2.05, 4.69) is 31.0 Å². The average molecular weight is 357 g/mol. The first kappa shape index (κ1) is 15.4. The van der Waals surface area contributed by atoms with Crippen LogP contribution in [0, 0.1) is 11.6 Å². The van der Waals surface area contributed by atoms with Gasteiger partial charge in [-0.2, -0.15) is 0 Å². The van der Waals surface area contributed by atoms with Crippen molar-refractivity contribution in [2.75, 3.05) is 12.4 Å². The molecule has 1 N–H and O–H groups in total. The van der Waals surface area contributed by atoms with E-state index in [-0.39, 0.29) is 23.5 Å². The molecule has 2 rings (SSSR count). The lowest BCUT2D eigenvalue weighted by Crippen LogP contribution is -2.10. The number of esters is 1. The number of nitrogens with one attached hydrogen (secondary N) is 1. The Balaban J connectivity index is 2.21. The molecule has 0 aliphatic heterocycles. The van der Waals surface area contributed by atoms with E-state index in [9.17, 15) is 13.6 Å². The summed E-state index contributed by atoms with van der Waals surface area (Å²) >= 11 is 3.21. The lowest BCUT2D eigenvalue weighted by atomic mass is 10.2. The van der Waals surface area contributed by atoms with E-state index in [4.69, 9.17) is 0 Å². The smallest absolute Gasteiger partial charge is 0.341 e. The van der Waals surface area contributed by atoms with Gasteiger partial charge in [0, 0.05) is 28.8 Å². The van der Waals surface area contributed by atoms with Crippen molar-refractivity contribution in [2.45, 2.75) is 6.54 Å². The van der Waals surface area contributed by atoms with E-state index in [0.717, 1.165) is 12.1 Å². The van der Waals surface area contributed by atoms with Crippen LogP contribution in [0.15, 0.2) is 34.9 Å². The standard InChI is InChI=1S/C14H11BrF2N2O2/c1-21-14(20)11-4-9(15)7-19-13(11)18-6-8-2-3-10(16)5-12(8)17/h2-5,7H,6H2,1H3,(H,18,19). The van der Waals surface area contributed by atoms with Crippen molar-refractivity contribution in [1.82, 2.24) is 4.98 Å². The van der Waals surface area contributed by atoms with Gasteiger partial charge in [-0.1, -0.05) is 6.07 Å². The topological polar surface area (TPSA) is 51.2 Å². The van der Waals surface area contributed by atoms with Gasteiger partial charge in [-0.15, -0.1) is 0 Å². The fraction of sp³-hybridized carbons (Fsp3) is 0.143. The lowest BCUT2D eigenvalue weighted by Gasteiger charge is -2.10. The van der Waals surface area contributed by atoms with E-state index < -0.39 is 17.6 Å². The van der Waals surface area contributed by atoms with Crippen molar-refractivity contribution in [3.05, 3.63) is 57.7 Å². The Morgan fingerprint density at radius 3 is 2.81 bits per heavy atom. The van der Waals surface area contributed by atoms with Crippen molar-refractivity contribution in [2.24, 2.45) is 0 Å². The van der Waals surface area contributed by atoms with E-state index >= 15 is 0 Å². The van der Waals surface area contributed by atoms with Crippen LogP contribution in [0.4, 0.5) is 14.6 Å². The SMILES string of the molecule is COC(=O)c1cc(Br)cnc1NCc1ccc(F)cc1F. The molecule has 1 aromatic carbocycles. The summed E-state index contributed by atoms with van der Waals surface area (Å²) in [7, 11) is 1.26. The molecule has 110 valence electrons. The zero-order chi connectivity index (χ0) is 15.4. The Labute approximate surface area is 128 Å². The van der Waals surface area contributed by atoms with E-state index in [0.29, 0.717) is 4.47 Å². The third-order valence-electron chi connectivity index (χ3n) is 2.72. The quantitative estimate of drug-likeness (QED) is 0.851. The molecule has 2 aromatic rings. The second-order valence-corrected chi connectivity index (χ2v) is 5.05. The van der Waals surface area contributed by atoms with Crippen LogP contribution in [-0.4, -0.2) is 18.1 Å². The number of aromatic nitrogens is 1. The lowest BCUT2D eigenvalue weighted by molar-refractivity contribution is 0.0601. The van der Waals surface area contributed by atoms with Crippen LogP contribution in [0.25, 0.3) is 0 Å². The van der Waals surface area contributed by atoms with Crippen molar-refractivity contribution >= 4 is 27.7 Å². The normalized spacial score (nSPS) is 10.3. The number of hydrogen-bond donors (Lipinski definition) is 1. The molecule has 0 saturated carbocycles. The highest BCUT2D eigenvalue weighted by Gasteiger charge is 2.14. The van der Waals surface area contributed by atoms with Gasteiger partial charge in [-0.3, -0.25) is 0 Å². The summed E-state index contributed by atoms with van der Waals surface area (Å²) in [4.78, 5) is 15.7. The minimum Gasteiger partial charge on any atom is -0.465 e. The van der Waals surface area contributed by atoms with Crippen LogP contribution in [0.1, 0.15) is 15.9 Å². The summed E-state index contributed by atoms with van der Waals surface area (Å²) in [5.74, 6) is -1.62. The Morgan fingerprint density at radius 2 is 2.14 bits per heavy atom. The number of nitrogens with zero attached hydrogens (tertiary/aromatic N) is 1. The van der Waals surface area contributed by atoms with E-state index in [1.54, 1.807) is 6.07 Å². The van der Waals surface area contributed by atoms with Crippen LogP contribution in [0.3, 0.4) is 0 Å². The molecule has 0 unspecified atom stereocenters. The molecule has 4 nitrogen and oxygen atoms in total. The van der Waals surface area contributed by atoms with Crippen molar-refractivity contribution in [3.8, 4) is 0 Å². The zero-order valence-electron chi connectivity index (χ0n) is 11.0. The van der Waals surface area contributed by atoms with Crippen molar-refractivity contribution in [3.63, 3.8) is 0 Å². The van der Waals surface area contributed by atoms with Crippen LogP contribution >= 0.6 is 15.9 Å². The molecular formula is C14H11BrF2N2O2. The third-order valence-corrected chi connectivity index (χ3v) is 3.15. The van der Waals surface area contributed by atoms with Gasteiger partial charge in [-0.05, 0) is 28.1 Å². The highest BCUT2D eigenvalue weighted by molar-refractivity contribution is 9.10. The average Bonchev–Trinajstić information content (AvgIpc) is 2.46. The third kappa shape index (κ3) is 3.75. The molecule has 0 amide bonds. The number of hydrogen-bond acceptors (Lipinski definition) is 4. The molecule has 1 heterocycles. The minimum absolute atomic E-state index is 0.0603. The summed E-state index contributed by atoms with van der Waals surface area (Å²) in [5, 5.41) is 2.84. The molecule has 0 atom stereocenters. The van der Waals surface area contributed by atoms with Gasteiger partial charge in [0.25, 0.3) is 0 Å². The number of carbonyl (C=O) groups is 1. The van der Waals surface area contributed by atoms with Crippen LogP contribution in [0.5, 0.6) is 0 Å². The van der Waals surface area contributed by atoms with Gasteiger partial charge in [-0.25, -0.2) is 18.6 Å². The second kappa shape index (κ2) is 6.62.